The highest BCUT2D eigenvalue weighted by Crippen LogP contribution is 2.38. The average Bonchev–Trinajstić information content (AvgIpc) is 3.36. The summed E-state index contributed by atoms with van der Waals surface area (Å²) in [7, 11) is 0. The van der Waals surface area contributed by atoms with E-state index in [2.05, 4.69) is 143 Å². The molecule has 0 aliphatic heterocycles. The fourth-order valence-electron chi connectivity index (χ4n) is 5.45. The zero-order valence-corrected chi connectivity index (χ0v) is 23.4. The van der Waals surface area contributed by atoms with Crippen LogP contribution >= 0.6 is 0 Å². The lowest BCUT2D eigenvalue weighted by molar-refractivity contribution is 0.788. The summed E-state index contributed by atoms with van der Waals surface area (Å²) in [5.74, 6) is 1.21. The normalized spacial score (nSPS) is 12.6. The van der Waals surface area contributed by atoms with Gasteiger partial charge >= 0.3 is 0 Å². The van der Waals surface area contributed by atoms with E-state index in [9.17, 15) is 0 Å². The minimum absolute atomic E-state index is 0.0877. The van der Waals surface area contributed by atoms with Crippen molar-refractivity contribution in [3.05, 3.63) is 119 Å². The Morgan fingerprint density at radius 3 is 1.84 bits per heavy atom. The topological polar surface area (TPSA) is 40.7 Å². The molecule has 0 aliphatic carbocycles. The van der Waals surface area contributed by atoms with Crippen molar-refractivity contribution in [1.82, 2.24) is 9.97 Å². The summed E-state index contributed by atoms with van der Waals surface area (Å²) in [5.41, 5.74) is 10.7. The molecule has 194 valence electrons. The molecule has 0 saturated heterocycles. The molecule has 3 heteroatoms. The van der Waals surface area contributed by atoms with Gasteiger partial charge in [0.15, 0.2) is 0 Å². The lowest BCUT2D eigenvalue weighted by Gasteiger charge is -2.28. The average molecular weight is 502 g/mol. The molecule has 0 amide bonds. The van der Waals surface area contributed by atoms with Crippen molar-refractivity contribution in [1.29, 1.82) is 0 Å². The van der Waals surface area contributed by atoms with E-state index >= 15 is 0 Å². The summed E-state index contributed by atoms with van der Waals surface area (Å²) >= 11 is 0. The monoisotopic (exact) mass is 501 g/mol. The Kier molecular flexibility index (Phi) is 7.37. The van der Waals surface area contributed by atoms with Crippen LogP contribution in [0.25, 0.3) is 22.3 Å². The Morgan fingerprint density at radius 1 is 0.605 bits per heavy atom. The highest BCUT2D eigenvalue weighted by Gasteiger charge is 2.24. The number of hydrogen-bond acceptors (Lipinski definition) is 2. The molecule has 0 spiro atoms. The molecule has 0 saturated carbocycles. The van der Waals surface area contributed by atoms with E-state index in [1.807, 2.05) is 0 Å². The highest BCUT2D eigenvalue weighted by atomic mass is 15.0. The van der Waals surface area contributed by atoms with Gasteiger partial charge in [0.1, 0.15) is 0 Å². The smallest absolute Gasteiger partial charge is 0.0943 e. The number of para-hydroxylation sites is 2. The summed E-state index contributed by atoms with van der Waals surface area (Å²) in [6.45, 7) is 13.6. The number of rotatable bonds is 8. The maximum atomic E-state index is 5.27. The predicted octanol–water partition coefficient (Wildman–Crippen LogP) is 9.80. The second kappa shape index (κ2) is 10.9. The van der Waals surface area contributed by atoms with Gasteiger partial charge in [-0.05, 0) is 64.3 Å². The first kappa shape index (κ1) is 25.8. The second-order valence-corrected chi connectivity index (χ2v) is 11.2. The van der Waals surface area contributed by atoms with Crippen LogP contribution in [-0.2, 0) is 0 Å². The van der Waals surface area contributed by atoms with Crippen LogP contribution < -0.4 is 5.32 Å². The molecule has 0 fully saturated rings. The number of H-pyrrole nitrogens is 1. The Hall–Kier alpha value is -3.85. The van der Waals surface area contributed by atoms with Crippen molar-refractivity contribution in [2.45, 2.75) is 65.3 Å². The Morgan fingerprint density at radius 2 is 1.18 bits per heavy atom. The number of benzene rings is 3. The summed E-state index contributed by atoms with van der Waals surface area (Å²) in [6, 6.07) is 32.4. The molecular weight excluding hydrogens is 462 g/mol. The molecule has 1 atom stereocenters. The first-order valence-corrected chi connectivity index (χ1v) is 13.9. The van der Waals surface area contributed by atoms with Crippen LogP contribution in [0.4, 0.5) is 5.69 Å². The van der Waals surface area contributed by atoms with Gasteiger partial charge in [-0.1, -0.05) is 108 Å². The molecule has 0 unspecified atom stereocenters. The van der Waals surface area contributed by atoms with E-state index in [0.29, 0.717) is 17.8 Å². The third-order valence-electron chi connectivity index (χ3n) is 7.46. The van der Waals surface area contributed by atoms with Crippen LogP contribution in [0.2, 0.25) is 0 Å². The minimum Gasteiger partial charge on any atom is -0.372 e. The molecule has 0 radical (unpaired) electrons. The van der Waals surface area contributed by atoms with Crippen LogP contribution in [0, 0.1) is 0 Å². The fraction of sp³-hybridized carbons (Fsp3) is 0.286. The van der Waals surface area contributed by atoms with Crippen molar-refractivity contribution in [3.8, 4) is 11.4 Å². The van der Waals surface area contributed by atoms with Gasteiger partial charge in [-0.2, -0.15) is 0 Å². The molecule has 3 aromatic carbocycles. The van der Waals surface area contributed by atoms with Crippen LogP contribution in [-0.4, -0.2) is 9.97 Å². The van der Waals surface area contributed by atoms with Gasteiger partial charge in [0.25, 0.3) is 0 Å². The molecule has 0 bridgehead atoms. The lowest BCUT2D eigenvalue weighted by Crippen LogP contribution is -2.19. The number of pyridine rings is 1. The van der Waals surface area contributed by atoms with Crippen molar-refractivity contribution >= 4 is 16.6 Å². The van der Waals surface area contributed by atoms with E-state index in [-0.39, 0.29) is 6.04 Å². The van der Waals surface area contributed by atoms with Gasteiger partial charge in [-0.25, -0.2) is 4.98 Å². The zero-order valence-electron chi connectivity index (χ0n) is 23.4. The van der Waals surface area contributed by atoms with Gasteiger partial charge in [-0.15, -0.1) is 0 Å². The number of anilines is 1. The van der Waals surface area contributed by atoms with Gasteiger partial charge in [0.05, 0.1) is 23.1 Å². The predicted molar refractivity (Wildman–Crippen MR) is 162 cm³/mol. The molecule has 5 rings (SSSR count). The number of nitrogens with zero attached hydrogens (tertiary/aromatic N) is 1. The zero-order chi connectivity index (χ0) is 26.8. The number of hydrogen-bond donors (Lipinski definition) is 2. The van der Waals surface area contributed by atoms with E-state index in [4.69, 9.17) is 4.98 Å². The Balaban J connectivity index is 1.68. The van der Waals surface area contributed by atoms with Crippen LogP contribution in [0.5, 0.6) is 0 Å². The maximum Gasteiger partial charge on any atom is 0.0943 e. The standard InChI is InChI=1S/C35H39N3/c1-22(2)26-14-8-9-15-29(26)35(38-34-27(23(3)4)16-11-17-28(34)24(5)6)32-20-12-19-31(37-32)33-21-25-13-7-10-18-30(25)36-33/h7-24,35-36,38H,1-6H3/t35-/m1/s1. The molecule has 3 nitrogen and oxygen atoms in total. The van der Waals surface area contributed by atoms with Crippen molar-refractivity contribution in [3.63, 3.8) is 0 Å². The van der Waals surface area contributed by atoms with Crippen LogP contribution in [0.3, 0.4) is 0 Å². The third kappa shape index (κ3) is 5.11. The SMILES string of the molecule is CC(C)c1ccccc1[C@@H](Nc1c(C(C)C)cccc1C(C)C)c1cccc(-c2cc3ccccc3[nH]2)n1. The highest BCUT2D eigenvalue weighted by molar-refractivity contribution is 5.85. The van der Waals surface area contributed by atoms with Crippen molar-refractivity contribution < 1.29 is 0 Å². The van der Waals surface area contributed by atoms with E-state index in [1.54, 1.807) is 0 Å². The summed E-state index contributed by atoms with van der Waals surface area (Å²) in [5, 5.41) is 5.24. The molecular formula is C35H39N3. The van der Waals surface area contributed by atoms with Crippen molar-refractivity contribution in [2.75, 3.05) is 5.32 Å². The van der Waals surface area contributed by atoms with Gasteiger partial charge in [0, 0.05) is 16.6 Å². The fourth-order valence-corrected chi connectivity index (χ4v) is 5.45. The van der Waals surface area contributed by atoms with E-state index in [1.165, 1.54) is 33.3 Å². The maximum absolute atomic E-state index is 5.27. The molecule has 38 heavy (non-hydrogen) atoms. The number of aromatic amines is 1. The summed E-state index contributed by atoms with van der Waals surface area (Å²) in [4.78, 5) is 8.83. The van der Waals surface area contributed by atoms with Gasteiger partial charge in [0.2, 0.25) is 0 Å². The molecule has 2 N–H and O–H groups in total. The summed E-state index contributed by atoms with van der Waals surface area (Å²) < 4.78 is 0. The summed E-state index contributed by atoms with van der Waals surface area (Å²) in [6.07, 6.45) is 0. The molecule has 2 aromatic heterocycles. The van der Waals surface area contributed by atoms with E-state index in [0.717, 1.165) is 22.6 Å². The number of nitrogens with one attached hydrogen (secondary N) is 2. The molecule has 0 aliphatic rings. The van der Waals surface area contributed by atoms with Crippen molar-refractivity contribution in [2.24, 2.45) is 0 Å². The van der Waals surface area contributed by atoms with Crippen LogP contribution in [0.15, 0.2) is 91.0 Å². The minimum atomic E-state index is -0.0877. The first-order chi connectivity index (χ1) is 18.3. The Bertz CT molecular complexity index is 1480. The van der Waals surface area contributed by atoms with Gasteiger partial charge < -0.3 is 10.3 Å². The lowest BCUT2D eigenvalue weighted by atomic mass is 9.88. The number of fused-ring (bicyclic) bond motifs is 1. The second-order valence-electron chi connectivity index (χ2n) is 11.2. The quantitative estimate of drug-likeness (QED) is 0.222. The largest absolute Gasteiger partial charge is 0.372 e. The van der Waals surface area contributed by atoms with E-state index < -0.39 is 0 Å². The number of aromatic nitrogens is 2. The van der Waals surface area contributed by atoms with Crippen LogP contribution in [0.1, 0.15) is 93.3 Å². The third-order valence-corrected chi connectivity index (χ3v) is 7.46. The Labute approximate surface area is 227 Å². The molecule has 2 heterocycles. The van der Waals surface area contributed by atoms with Gasteiger partial charge in [-0.3, -0.25) is 0 Å². The first-order valence-electron chi connectivity index (χ1n) is 13.9. The molecule has 5 aromatic rings.